The minimum atomic E-state index is -1.09. The lowest BCUT2D eigenvalue weighted by Crippen LogP contribution is -2.39. The monoisotopic (exact) mass is 547 g/mol. The normalized spacial score (nSPS) is 15.4. The average molecular weight is 548 g/mol. The first-order valence-electron chi connectivity index (χ1n) is 13.2. The summed E-state index contributed by atoms with van der Waals surface area (Å²) >= 11 is 0. The van der Waals surface area contributed by atoms with Crippen LogP contribution in [-0.4, -0.2) is 72.3 Å². The number of amides is 3. The Morgan fingerprint density at radius 1 is 1.12 bits per heavy atom. The van der Waals surface area contributed by atoms with Crippen molar-refractivity contribution in [2.45, 2.75) is 45.4 Å². The van der Waals surface area contributed by atoms with Crippen LogP contribution in [0.1, 0.15) is 37.6 Å². The fourth-order valence-electron chi connectivity index (χ4n) is 4.77. The van der Waals surface area contributed by atoms with Crippen LogP contribution < -0.4 is 26.4 Å². The molecule has 0 aliphatic carbocycles. The molecule has 4 aromatic rings. The van der Waals surface area contributed by atoms with Crippen LogP contribution in [0.5, 0.6) is 0 Å². The highest BCUT2D eigenvalue weighted by Crippen LogP contribution is 2.20. The number of aromatic nitrogens is 5. The molecule has 0 saturated carbocycles. The highest BCUT2D eigenvalue weighted by molar-refractivity contribution is 5.94. The van der Waals surface area contributed by atoms with Crippen LogP contribution in [0, 0.1) is 0 Å². The molecule has 0 spiro atoms. The van der Waals surface area contributed by atoms with E-state index in [1.807, 2.05) is 42.2 Å². The molecule has 13 nitrogen and oxygen atoms in total. The lowest BCUT2D eigenvalue weighted by molar-refractivity contribution is 0.0553. The van der Waals surface area contributed by atoms with Crippen molar-refractivity contribution >= 4 is 29.2 Å². The molecule has 210 valence electrons. The Labute approximate surface area is 230 Å². The lowest BCUT2D eigenvalue weighted by Gasteiger charge is -2.20. The number of carbonyl (C=O) groups excluding carboxylic acids is 2. The molecule has 0 unspecified atom stereocenters. The Kier molecular flexibility index (Phi) is 7.30. The van der Waals surface area contributed by atoms with Gasteiger partial charge in [0.15, 0.2) is 11.5 Å². The van der Waals surface area contributed by atoms with Crippen molar-refractivity contribution in [1.82, 2.24) is 34.6 Å². The average Bonchev–Trinajstić information content (AvgIpc) is 3.60. The summed E-state index contributed by atoms with van der Waals surface area (Å²) in [5.74, 6) is 0.629. The van der Waals surface area contributed by atoms with Crippen molar-refractivity contribution < 1.29 is 14.7 Å². The number of hydrogen-bond acceptors (Lipinski definition) is 7. The standard InChI is InChI=1S/C27H33N9O4/c1-4-28-26(39)31-21-16-35-22(30-21)10-11-23(32-35)33-13-12-18(14-33)29-24(37)20-15-34(17-27(2,3)40)36(25(20)38)19-8-6-5-7-9-19/h5-11,15-16,18,40H,4,12-14,17H2,1-3H3,(H,29,37)(H2,28,31,39)/t18-/m0/s1. The van der Waals surface area contributed by atoms with Gasteiger partial charge in [-0.05, 0) is 51.5 Å². The van der Waals surface area contributed by atoms with Gasteiger partial charge < -0.3 is 20.6 Å². The summed E-state index contributed by atoms with van der Waals surface area (Å²) in [6.45, 7) is 6.94. The first-order chi connectivity index (χ1) is 19.1. The second-order valence-corrected chi connectivity index (χ2v) is 10.4. The molecule has 4 heterocycles. The Morgan fingerprint density at radius 2 is 1.90 bits per heavy atom. The van der Waals surface area contributed by atoms with Crippen LogP contribution in [0.2, 0.25) is 0 Å². The quantitative estimate of drug-likeness (QED) is 0.262. The first kappa shape index (κ1) is 26.9. The van der Waals surface area contributed by atoms with E-state index in [1.165, 1.54) is 10.9 Å². The summed E-state index contributed by atoms with van der Waals surface area (Å²) in [7, 11) is 0. The van der Waals surface area contributed by atoms with Crippen LogP contribution in [0.15, 0.2) is 59.7 Å². The fraction of sp³-hybridized carbons (Fsp3) is 0.370. The van der Waals surface area contributed by atoms with Crippen molar-refractivity contribution in [2.75, 3.05) is 29.9 Å². The number of fused-ring (bicyclic) bond motifs is 1. The van der Waals surface area contributed by atoms with Crippen molar-refractivity contribution in [1.29, 1.82) is 0 Å². The Morgan fingerprint density at radius 3 is 2.62 bits per heavy atom. The second kappa shape index (κ2) is 10.8. The van der Waals surface area contributed by atoms with Gasteiger partial charge in [-0.2, -0.15) is 0 Å². The van der Waals surface area contributed by atoms with Crippen LogP contribution in [0.4, 0.5) is 16.4 Å². The van der Waals surface area contributed by atoms with Gasteiger partial charge in [0.05, 0.1) is 24.0 Å². The number of nitrogens with zero attached hydrogens (tertiary/aromatic N) is 6. The molecule has 1 aliphatic heterocycles. The summed E-state index contributed by atoms with van der Waals surface area (Å²) < 4.78 is 4.58. The highest BCUT2D eigenvalue weighted by atomic mass is 16.3. The van der Waals surface area contributed by atoms with Gasteiger partial charge in [0.1, 0.15) is 11.4 Å². The molecule has 0 bridgehead atoms. The number of imidazole rings is 1. The largest absolute Gasteiger partial charge is 0.389 e. The molecular weight excluding hydrogens is 514 g/mol. The molecule has 5 rings (SSSR count). The molecule has 1 aliphatic rings. The van der Waals surface area contributed by atoms with E-state index in [-0.39, 0.29) is 24.2 Å². The number of nitrogens with one attached hydrogen (secondary N) is 3. The Hall–Kier alpha value is -4.65. The zero-order valence-corrected chi connectivity index (χ0v) is 22.7. The maximum atomic E-state index is 13.3. The van der Waals surface area contributed by atoms with Crippen molar-refractivity contribution in [2.24, 2.45) is 0 Å². The summed E-state index contributed by atoms with van der Waals surface area (Å²) in [5, 5.41) is 23.3. The van der Waals surface area contributed by atoms with E-state index < -0.39 is 17.1 Å². The number of para-hydroxylation sites is 1. The third-order valence-electron chi connectivity index (χ3n) is 6.48. The first-order valence-corrected chi connectivity index (χ1v) is 13.2. The molecule has 3 aromatic heterocycles. The maximum Gasteiger partial charge on any atom is 0.320 e. The van der Waals surface area contributed by atoms with Gasteiger partial charge in [-0.1, -0.05) is 18.2 Å². The number of hydrogen-bond donors (Lipinski definition) is 4. The maximum absolute atomic E-state index is 13.3. The number of anilines is 2. The third kappa shape index (κ3) is 5.83. The second-order valence-electron chi connectivity index (χ2n) is 10.4. The summed E-state index contributed by atoms with van der Waals surface area (Å²) in [6.07, 6.45) is 3.81. The van der Waals surface area contributed by atoms with E-state index >= 15 is 0 Å². The predicted octanol–water partition coefficient (Wildman–Crippen LogP) is 1.60. The minimum Gasteiger partial charge on any atom is -0.389 e. The van der Waals surface area contributed by atoms with Crippen LogP contribution in [-0.2, 0) is 6.54 Å². The summed E-state index contributed by atoms with van der Waals surface area (Å²) in [5.41, 5.74) is -0.342. The van der Waals surface area contributed by atoms with Gasteiger partial charge in [-0.15, -0.1) is 5.10 Å². The van der Waals surface area contributed by atoms with Crippen molar-refractivity contribution in [3.8, 4) is 5.69 Å². The predicted molar refractivity (Wildman–Crippen MR) is 150 cm³/mol. The highest BCUT2D eigenvalue weighted by Gasteiger charge is 2.28. The molecule has 4 N–H and O–H groups in total. The van der Waals surface area contributed by atoms with Gasteiger partial charge in [-0.25, -0.2) is 19.0 Å². The smallest absolute Gasteiger partial charge is 0.320 e. The van der Waals surface area contributed by atoms with E-state index in [1.54, 1.807) is 41.4 Å². The van der Waals surface area contributed by atoms with Gasteiger partial charge in [0.2, 0.25) is 0 Å². The van der Waals surface area contributed by atoms with Gasteiger partial charge >= 0.3 is 6.03 Å². The summed E-state index contributed by atoms with van der Waals surface area (Å²) in [6, 6.07) is 12.2. The van der Waals surface area contributed by atoms with Crippen LogP contribution >= 0.6 is 0 Å². The number of benzene rings is 1. The Balaban J connectivity index is 1.30. The van der Waals surface area contributed by atoms with E-state index in [0.29, 0.717) is 49.0 Å². The number of rotatable bonds is 8. The van der Waals surface area contributed by atoms with Gasteiger partial charge in [0.25, 0.3) is 11.5 Å². The number of urea groups is 1. The molecule has 1 atom stereocenters. The molecule has 3 amide bonds. The zero-order chi connectivity index (χ0) is 28.4. The van der Waals surface area contributed by atoms with Crippen LogP contribution in [0.3, 0.4) is 0 Å². The van der Waals surface area contributed by atoms with Crippen molar-refractivity contribution in [3.63, 3.8) is 0 Å². The van der Waals surface area contributed by atoms with Crippen molar-refractivity contribution in [3.05, 3.63) is 70.8 Å². The number of carbonyl (C=O) groups is 2. The van der Waals surface area contributed by atoms with Gasteiger partial charge in [0, 0.05) is 31.9 Å². The molecule has 1 aromatic carbocycles. The Bertz CT molecular complexity index is 1580. The van der Waals surface area contributed by atoms with Gasteiger partial charge in [-0.3, -0.25) is 19.6 Å². The molecule has 13 heteroatoms. The molecule has 1 saturated heterocycles. The molecule has 40 heavy (non-hydrogen) atoms. The minimum absolute atomic E-state index is 0.0108. The third-order valence-corrected chi connectivity index (χ3v) is 6.48. The van der Waals surface area contributed by atoms with E-state index in [4.69, 9.17) is 0 Å². The molecule has 0 radical (unpaired) electrons. The molecular formula is C27H33N9O4. The van der Waals surface area contributed by atoms with Crippen LogP contribution in [0.25, 0.3) is 11.3 Å². The SMILES string of the molecule is CCNC(=O)Nc1cn2nc(N3CC[C@H](NC(=O)c4cn(CC(C)(C)O)n(-c5ccccc5)c4=O)C3)ccc2n1. The number of aliphatic hydroxyl groups is 1. The fourth-order valence-corrected chi connectivity index (χ4v) is 4.77. The zero-order valence-electron chi connectivity index (χ0n) is 22.7. The topological polar surface area (TPSA) is 151 Å². The van der Waals surface area contributed by atoms with E-state index in [2.05, 4.69) is 26.0 Å². The van der Waals surface area contributed by atoms with E-state index in [9.17, 15) is 19.5 Å². The lowest BCUT2D eigenvalue weighted by atomic mass is 10.1. The summed E-state index contributed by atoms with van der Waals surface area (Å²) in [4.78, 5) is 44.8. The molecule has 1 fully saturated rings. The van der Waals surface area contributed by atoms with E-state index in [0.717, 1.165) is 0 Å².